The number of aliphatic hydroxyl groups is 1. The van der Waals surface area contributed by atoms with Gasteiger partial charge in [-0.05, 0) is 63.4 Å². The van der Waals surface area contributed by atoms with Gasteiger partial charge in [-0.2, -0.15) is 0 Å². The number of anilines is 2. The van der Waals surface area contributed by atoms with E-state index in [-0.39, 0.29) is 60.0 Å². The SMILES string of the molecule is CC(C)CS(=O)(=O)NC1CCC(Nc2nc(NCCO)c(C(=O)c3c(F)cc(CN(C)C)cc3F)s2)CC1.Cl. The Kier molecular flexibility index (Phi) is 12.5. The number of sulfonamides is 1. The molecule has 0 radical (unpaired) electrons. The second-order valence-electron chi connectivity index (χ2n) is 10.3. The van der Waals surface area contributed by atoms with Crippen molar-refractivity contribution in [3.05, 3.63) is 39.8 Å². The van der Waals surface area contributed by atoms with Gasteiger partial charge in [-0.15, -0.1) is 12.4 Å². The fourth-order valence-corrected chi connectivity index (χ4v) is 7.20. The summed E-state index contributed by atoms with van der Waals surface area (Å²) in [5.41, 5.74) is -0.238. The average molecular weight is 610 g/mol. The molecule has 0 aliphatic heterocycles. The van der Waals surface area contributed by atoms with Gasteiger partial charge in [0, 0.05) is 25.2 Å². The molecule has 1 aromatic carbocycles. The summed E-state index contributed by atoms with van der Waals surface area (Å²) >= 11 is 0.987. The van der Waals surface area contributed by atoms with Gasteiger partial charge in [0.25, 0.3) is 0 Å². The van der Waals surface area contributed by atoms with E-state index in [0.717, 1.165) is 23.5 Å². The van der Waals surface area contributed by atoms with Crippen LogP contribution >= 0.6 is 23.7 Å². The fourth-order valence-electron chi connectivity index (χ4n) is 4.51. The Morgan fingerprint density at radius 2 is 1.74 bits per heavy atom. The number of nitrogens with zero attached hydrogens (tertiary/aromatic N) is 2. The number of ketones is 1. The predicted molar refractivity (Wildman–Crippen MR) is 154 cm³/mol. The lowest BCUT2D eigenvalue weighted by molar-refractivity contribution is 0.103. The van der Waals surface area contributed by atoms with Gasteiger partial charge in [0.05, 0.1) is 17.9 Å². The van der Waals surface area contributed by atoms with Crippen LogP contribution in [0.4, 0.5) is 19.7 Å². The Morgan fingerprint density at radius 3 is 2.28 bits per heavy atom. The van der Waals surface area contributed by atoms with Crippen molar-refractivity contribution >= 4 is 50.5 Å². The average Bonchev–Trinajstić information content (AvgIpc) is 3.19. The Morgan fingerprint density at radius 1 is 1.15 bits per heavy atom. The number of halogens is 3. The van der Waals surface area contributed by atoms with E-state index >= 15 is 0 Å². The van der Waals surface area contributed by atoms with Gasteiger partial charge < -0.3 is 20.6 Å². The summed E-state index contributed by atoms with van der Waals surface area (Å²) in [4.78, 5) is 19.5. The molecule has 4 N–H and O–H groups in total. The molecule has 3 rings (SSSR count). The van der Waals surface area contributed by atoms with Crippen molar-refractivity contribution in [2.45, 2.75) is 58.2 Å². The molecular weight excluding hydrogens is 572 g/mol. The molecule has 1 saturated carbocycles. The van der Waals surface area contributed by atoms with Crippen LogP contribution < -0.4 is 15.4 Å². The molecule has 0 bridgehead atoms. The number of rotatable bonds is 13. The van der Waals surface area contributed by atoms with E-state index < -0.39 is 33.0 Å². The Balaban J connectivity index is 0.00000533. The maximum absolute atomic E-state index is 14.9. The molecule has 39 heavy (non-hydrogen) atoms. The zero-order valence-electron chi connectivity index (χ0n) is 22.6. The van der Waals surface area contributed by atoms with Crippen molar-refractivity contribution in [2.24, 2.45) is 5.92 Å². The normalized spacial score (nSPS) is 17.8. The number of carbonyl (C=O) groups excluding carboxylic acids is 1. The largest absolute Gasteiger partial charge is 0.395 e. The minimum Gasteiger partial charge on any atom is -0.395 e. The standard InChI is InChI=1S/C25H37F2N5O4S2.ClH/c1-15(2)14-38(35,36)31-18-7-5-17(6-8-18)29-25-30-24(28-9-10-33)23(37-25)22(34)21-19(26)11-16(12-20(21)27)13-32(3)4;/h11-12,15,17-18,28,31,33H,5-10,13-14H2,1-4H3,(H,29,30);1H. The van der Waals surface area contributed by atoms with Gasteiger partial charge in [-0.25, -0.2) is 26.9 Å². The van der Waals surface area contributed by atoms with E-state index in [4.69, 9.17) is 0 Å². The molecule has 220 valence electrons. The number of aliphatic hydroxyl groups excluding tert-OH is 1. The van der Waals surface area contributed by atoms with Crippen molar-refractivity contribution in [1.82, 2.24) is 14.6 Å². The van der Waals surface area contributed by atoms with Gasteiger partial charge in [0.1, 0.15) is 16.5 Å². The van der Waals surface area contributed by atoms with E-state index in [9.17, 15) is 27.1 Å². The highest BCUT2D eigenvalue weighted by Gasteiger charge is 2.29. The summed E-state index contributed by atoms with van der Waals surface area (Å²) in [6.45, 7) is 3.94. The first-order valence-electron chi connectivity index (χ1n) is 12.7. The molecule has 0 atom stereocenters. The molecule has 1 aliphatic carbocycles. The Bertz CT molecular complexity index is 1200. The molecule has 1 heterocycles. The maximum Gasteiger partial charge on any atom is 0.212 e. The summed E-state index contributed by atoms with van der Waals surface area (Å²) in [7, 11) is 0.220. The summed E-state index contributed by atoms with van der Waals surface area (Å²) in [5, 5.41) is 15.8. The maximum atomic E-state index is 14.9. The van der Waals surface area contributed by atoms with E-state index in [0.29, 0.717) is 42.9 Å². The second kappa shape index (κ2) is 14.6. The molecular formula is C25H38ClF2N5O4S2. The minimum absolute atomic E-state index is 0. The van der Waals surface area contributed by atoms with Gasteiger partial charge in [-0.1, -0.05) is 25.2 Å². The topological polar surface area (TPSA) is 124 Å². The molecule has 1 aromatic heterocycles. The first-order chi connectivity index (χ1) is 17.9. The van der Waals surface area contributed by atoms with E-state index in [1.807, 2.05) is 13.8 Å². The third kappa shape index (κ3) is 9.61. The Hall–Kier alpha value is -1.90. The van der Waals surface area contributed by atoms with E-state index in [1.54, 1.807) is 19.0 Å². The molecule has 2 aromatic rings. The molecule has 1 fully saturated rings. The number of carbonyl (C=O) groups is 1. The molecule has 9 nitrogen and oxygen atoms in total. The highest BCUT2D eigenvalue weighted by Crippen LogP contribution is 2.33. The van der Waals surface area contributed by atoms with E-state index in [1.165, 1.54) is 0 Å². The van der Waals surface area contributed by atoms with Crippen LogP contribution in [0.1, 0.15) is 60.3 Å². The fraction of sp³-hybridized carbons (Fsp3) is 0.600. The molecule has 0 amide bonds. The van der Waals surface area contributed by atoms with Gasteiger partial charge in [-0.3, -0.25) is 4.79 Å². The number of hydrogen-bond donors (Lipinski definition) is 4. The quantitative estimate of drug-likeness (QED) is 0.253. The van der Waals surface area contributed by atoms with Crippen molar-refractivity contribution < 1.29 is 27.1 Å². The minimum atomic E-state index is -3.33. The third-order valence-electron chi connectivity index (χ3n) is 6.02. The van der Waals surface area contributed by atoms with E-state index in [2.05, 4.69) is 20.3 Å². The van der Waals surface area contributed by atoms with Crippen molar-refractivity contribution in [3.63, 3.8) is 0 Å². The van der Waals surface area contributed by atoms with Crippen LogP contribution in [-0.4, -0.2) is 74.3 Å². The molecule has 1 aliphatic rings. The Labute approximate surface area is 239 Å². The van der Waals surface area contributed by atoms with Crippen LogP contribution in [0.25, 0.3) is 0 Å². The highest BCUT2D eigenvalue weighted by atomic mass is 35.5. The van der Waals surface area contributed by atoms with Crippen LogP contribution in [-0.2, 0) is 16.6 Å². The molecule has 0 saturated heterocycles. The summed E-state index contributed by atoms with van der Waals surface area (Å²) in [6, 6.07) is 2.18. The van der Waals surface area contributed by atoms with Crippen LogP contribution in [0.5, 0.6) is 0 Å². The zero-order valence-corrected chi connectivity index (χ0v) is 25.0. The summed E-state index contributed by atoms with van der Waals surface area (Å²) in [6.07, 6.45) is 2.68. The van der Waals surface area contributed by atoms with Gasteiger partial charge >= 0.3 is 0 Å². The van der Waals surface area contributed by atoms with Crippen LogP contribution in [0, 0.1) is 17.6 Å². The first kappa shape index (κ1) is 33.3. The first-order valence-corrected chi connectivity index (χ1v) is 15.1. The number of thiazole rings is 1. The highest BCUT2D eigenvalue weighted by molar-refractivity contribution is 7.89. The summed E-state index contributed by atoms with van der Waals surface area (Å²) < 4.78 is 57.0. The lowest BCUT2D eigenvalue weighted by Gasteiger charge is -2.29. The van der Waals surface area contributed by atoms with Crippen LogP contribution in [0.3, 0.4) is 0 Å². The molecule has 0 unspecified atom stereocenters. The number of aromatic nitrogens is 1. The van der Waals surface area contributed by atoms with Crippen LogP contribution in [0.15, 0.2) is 12.1 Å². The molecule has 0 spiro atoms. The number of hydrogen-bond acceptors (Lipinski definition) is 9. The van der Waals surface area contributed by atoms with Crippen LogP contribution in [0.2, 0.25) is 0 Å². The monoisotopic (exact) mass is 609 g/mol. The molecule has 14 heteroatoms. The third-order valence-corrected chi connectivity index (χ3v) is 8.80. The lowest BCUT2D eigenvalue weighted by atomic mass is 9.92. The zero-order chi connectivity index (χ0) is 28.0. The smallest absolute Gasteiger partial charge is 0.212 e. The van der Waals surface area contributed by atoms with Gasteiger partial charge in [0.2, 0.25) is 15.8 Å². The lowest BCUT2D eigenvalue weighted by Crippen LogP contribution is -2.41. The number of nitrogens with one attached hydrogen (secondary N) is 3. The summed E-state index contributed by atoms with van der Waals surface area (Å²) in [5.74, 6) is -2.45. The van der Waals surface area contributed by atoms with Gasteiger partial charge in [0.15, 0.2) is 10.9 Å². The van der Waals surface area contributed by atoms with Crippen molar-refractivity contribution in [3.8, 4) is 0 Å². The predicted octanol–water partition coefficient (Wildman–Crippen LogP) is 3.84. The number of benzene rings is 1. The van der Waals surface area contributed by atoms with Crippen molar-refractivity contribution in [2.75, 3.05) is 43.6 Å². The second-order valence-corrected chi connectivity index (χ2v) is 13.1. The van der Waals surface area contributed by atoms with Crippen molar-refractivity contribution in [1.29, 1.82) is 0 Å².